The first-order chi connectivity index (χ1) is 8.99. The molecule has 1 fully saturated rings. The molecule has 1 aliphatic heterocycles. The lowest BCUT2D eigenvalue weighted by molar-refractivity contribution is 0.00863. The molecule has 2 rings (SSSR count). The first-order valence-corrected chi connectivity index (χ1v) is 6.08. The fraction of sp³-hybridized carbons (Fsp3) is 0.333. The van der Waals surface area contributed by atoms with Gasteiger partial charge in [-0.15, -0.1) is 0 Å². The third kappa shape index (κ3) is 2.99. The Balaban J connectivity index is 2.19. The number of halogens is 1. The summed E-state index contributed by atoms with van der Waals surface area (Å²) in [4.78, 5) is 13.8. The van der Waals surface area contributed by atoms with Crippen molar-refractivity contribution in [2.45, 2.75) is 6.10 Å². The van der Waals surface area contributed by atoms with Crippen LogP contribution in [0, 0.1) is 5.82 Å². The number of amides is 1. The van der Waals surface area contributed by atoms with Crippen molar-refractivity contribution < 1.29 is 19.0 Å². The van der Waals surface area contributed by atoms with Crippen molar-refractivity contribution in [3.63, 3.8) is 0 Å². The number of hydrogen-bond donors (Lipinski definition) is 2. The second-order valence-electron chi connectivity index (χ2n) is 4.17. The van der Waals surface area contributed by atoms with Crippen molar-refractivity contribution in [3.8, 4) is 5.75 Å². The lowest BCUT2D eigenvalue weighted by atomic mass is 10.1. The molecule has 1 atom stereocenters. The van der Waals surface area contributed by atoms with Crippen LogP contribution in [0.1, 0.15) is 10.4 Å². The van der Waals surface area contributed by atoms with E-state index < -0.39 is 17.8 Å². The van der Waals surface area contributed by atoms with Gasteiger partial charge in [0.15, 0.2) is 0 Å². The molecule has 0 bridgehead atoms. The number of carbonyl (C=O) groups is 1. The van der Waals surface area contributed by atoms with Crippen molar-refractivity contribution >= 4 is 23.1 Å². The minimum absolute atomic E-state index is 0.0800. The molecule has 5 nitrogen and oxygen atoms in total. The Morgan fingerprint density at radius 2 is 2.32 bits per heavy atom. The minimum atomic E-state index is -0.583. The number of phenols is 1. The van der Waals surface area contributed by atoms with Gasteiger partial charge in [0.05, 0.1) is 18.7 Å². The molecule has 1 unspecified atom stereocenters. The number of phenolic OH excluding ortho intramolecular Hbond substituents is 1. The molecule has 1 amide bonds. The normalized spacial score (nSPS) is 19.2. The van der Waals surface area contributed by atoms with Crippen LogP contribution in [0.3, 0.4) is 0 Å². The number of carbonyl (C=O) groups excluding carboxylic acids is 1. The first-order valence-electron chi connectivity index (χ1n) is 5.67. The summed E-state index contributed by atoms with van der Waals surface area (Å²) in [5, 5.41) is 9.62. The molecule has 0 spiro atoms. The summed E-state index contributed by atoms with van der Waals surface area (Å²) in [7, 11) is 0. The Morgan fingerprint density at radius 1 is 1.58 bits per heavy atom. The van der Waals surface area contributed by atoms with Gasteiger partial charge in [-0.1, -0.05) is 12.2 Å². The van der Waals surface area contributed by atoms with Crippen LogP contribution in [-0.4, -0.2) is 46.7 Å². The fourth-order valence-electron chi connectivity index (χ4n) is 1.86. The van der Waals surface area contributed by atoms with E-state index >= 15 is 0 Å². The van der Waals surface area contributed by atoms with E-state index in [0.29, 0.717) is 13.2 Å². The maximum Gasteiger partial charge on any atom is 0.257 e. The van der Waals surface area contributed by atoms with Crippen molar-refractivity contribution in [3.05, 3.63) is 29.6 Å². The quantitative estimate of drug-likeness (QED) is 0.780. The van der Waals surface area contributed by atoms with Crippen molar-refractivity contribution in [2.75, 3.05) is 19.7 Å². The Bertz CT molecular complexity index is 524. The zero-order valence-electron chi connectivity index (χ0n) is 10.0. The van der Waals surface area contributed by atoms with Gasteiger partial charge in [0, 0.05) is 6.54 Å². The third-order valence-electron chi connectivity index (χ3n) is 2.86. The molecule has 0 aromatic heterocycles. The third-order valence-corrected chi connectivity index (χ3v) is 3.12. The van der Waals surface area contributed by atoms with Gasteiger partial charge in [-0.25, -0.2) is 4.39 Å². The van der Waals surface area contributed by atoms with Gasteiger partial charge >= 0.3 is 0 Å². The molecule has 3 N–H and O–H groups in total. The number of aromatic hydroxyl groups is 1. The molecular weight excluding hydrogens is 271 g/mol. The number of hydrogen-bond acceptors (Lipinski definition) is 4. The van der Waals surface area contributed by atoms with Crippen molar-refractivity contribution in [1.29, 1.82) is 0 Å². The summed E-state index contributed by atoms with van der Waals surface area (Å²) in [6.45, 7) is 0.835. The van der Waals surface area contributed by atoms with Gasteiger partial charge in [0.2, 0.25) is 0 Å². The topological polar surface area (TPSA) is 75.8 Å². The average Bonchev–Trinajstić information content (AvgIpc) is 2.41. The van der Waals surface area contributed by atoms with E-state index in [1.54, 1.807) is 0 Å². The highest BCUT2D eigenvalue weighted by Crippen LogP contribution is 2.21. The fourth-order valence-corrected chi connectivity index (χ4v) is 2.00. The number of benzene rings is 1. The van der Waals surface area contributed by atoms with E-state index in [0.717, 1.165) is 18.2 Å². The summed E-state index contributed by atoms with van der Waals surface area (Å²) in [6.07, 6.45) is -0.511. The number of ether oxygens (including phenoxy) is 1. The predicted molar refractivity (Wildman–Crippen MR) is 70.5 cm³/mol. The van der Waals surface area contributed by atoms with E-state index in [4.69, 9.17) is 22.7 Å². The van der Waals surface area contributed by atoms with E-state index in [1.807, 2.05) is 0 Å². The Hall–Kier alpha value is -1.73. The molecule has 0 aliphatic carbocycles. The van der Waals surface area contributed by atoms with Crippen LogP contribution in [-0.2, 0) is 4.74 Å². The van der Waals surface area contributed by atoms with Gasteiger partial charge in [0.25, 0.3) is 5.91 Å². The number of thiocarbonyl (C=S) groups is 1. The van der Waals surface area contributed by atoms with Crippen LogP contribution >= 0.6 is 12.2 Å². The highest BCUT2D eigenvalue weighted by Gasteiger charge is 2.28. The molecule has 1 heterocycles. The standard InChI is InChI=1S/C12H13FN2O3S/c13-7-1-2-9(16)8(5-7)12(17)15-3-4-18-10(6-15)11(14)19/h1-2,5,10,16H,3-4,6H2,(H2,14,19). The van der Waals surface area contributed by atoms with Gasteiger partial charge in [-0.3, -0.25) is 4.79 Å². The highest BCUT2D eigenvalue weighted by atomic mass is 32.1. The van der Waals surface area contributed by atoms with Crippen molar-refractivity contribution in [1.82, 2.24) is 4.90 Å². The highest BCUT2D eigenvalue weighted by molar-refractivity contribution is 7.80. The number of morpholine rings is 1. The molecule has 1 saturated heterocycles. The summed E-state index contributed by atoms with van der Waals surface area (Å²) < 4.78 is 18.4. The molecule has 1 aromatic carbocycles. The van der Waals surface area contributed by atoms with Crippen LogP contribution in [0.5, 0.6) is 5.75 Å². The van der Waals surface area contributed by atoms with Gasteiger partial charge < -0.3 is 20.5 Å². The molecule has 1 aliphatic rings. The SMILES string of the molecule is NC(=S)C1CN(C(=O)c2cc(F)ccc2O)CCO1. The first kappa shape index (κ1) is 13.7. The zero-order chi connectivity index (χ0) is 14.0. The van der Waals surface area contributed by atoms with Crippen LogP contribution < -0.4 is 5.73 Å². The monoisotopic (exact) mass is 284 g/mol. The predicted octanol–water partition coefficient (Wildman–Crippen LogP) is 0.658. The maximum absolute atomic E-state index is 13.1. The number of nitrogens with zero attached hydrogens (tertiary/aromatic N) is 1. The lowest BCUT2D eigenvalue weighted by Crippen LogP contribution is -2.49. The molecule has 0 radical (unpaired) electrons. The van der Waals surface area contributed by atoms with Crippen molar-refractivity contribution in [2.24, 2.45) is 5.73 Å². The van der Waals surface area contributed by atoms with E-state index in [2.05, 4.69) is 0 Å². The minimum Gasteiger partial charge on any atom is -0.507 e. The molecule has 102 valence electrons. The van der Waals surface area contributed by atoms with Crippen LogP contribution in [0.15, 0.2) is 18.2 Å². The molecule has 0 saturated carbocycles. The van der Waals surface area contributed by atoms with Gasteiger partial charge in [-0.2, -0.15) is 0 Å². The lowest BCUT2D eigenvalue weighted by Gasteiger charge is -2.32. The Morgan fingerprint density at radius 3 is 3.00 bits per heavy atom. The second-order valence-corrected chi connectivity index (χ2v) is 4.65. The van der Waals surface area contributed by atoms with E-state index in [1.165, 1.54) is 4.90 Å². The Labute approximate surface area is 114 Å². The van der Waals surface area contributed by atoms with Gasteiger partial charge in [0.1, 0.15) is 22.7 Å². The zero-order valence-corrected chi connectivity index (χ0v) is 10.8. The number of rotatable bonds is 2. The van der Waals surface area contributed by atoms with Gasteiger partial charge in [-0.05, 0) is 18.2 Å². The summed E-state index contributed by atoms with van der Waals surface area (Å²) in [5.41, 5.74) is 5.40. The molecular formula is C12H13FN2O3S. The molecule has 1 aromatic rings. The molecule has 19 heavy (non-hydrogen) atoms. The average molecular weight is 284 g/mol. The van der Waals surface area contributed by atoms with E-state index in [-0.39, 0.29) is 22.8 Å². The molecule has 7 heteroatoms. The summed E-state index contributed by atoms with van der Waals surface area (Å²) >= 11 is 4.82. The smallest absolute Gasteiger partial charge is 0.257 e. The van der Waals surface area contributed by atoms with Crippen LogP contribution in [0.4, 0.5) is 4.39 Å². The van der Waals surface area contributed by atoms with Crippen LogP contribution in [0.2, 0.25) is 0 Å². The maximum atomic E-state index is 13.1. The van der Waals surface area contributed by atoms with E-state index in [9.17, 15) is 14.3 Å². The second kappa shape index (κ2) is 5.50. The Kier molecular flexibility index (Phi) is 3.96. The largest absolute Gasteiger partial charge is 0.507 e. The summed E-state index contributed by atoms with van der Waals surface area (Å²) in [5.74, 6) is -1.31. The van der Waals surface area contributed by atoms with Crippen LogP contribution in [0.25, 0.3) is 0 Å². The number of nitrogens with two attached hydrogens (primary N) is 1. The summed E-state index contributed by atoms with van der Waals surface area (Å²) in [6, 6.07) is 3.24.